The first-order chi connectivity index (χ1) is 17.5. The minimum absolute atomic E-state index is 0.0378. The third-order valence-electron chi connectivity index (χ3n) is 6.14. The highest BCUT2D eigenvalue weighted by molar-refractivity contribution is 5.93. The fraction of sp³-hybridized carbons (Fsp3) is 0.276. The molecular formula is C29H30N2O5. The van der Waals surface area contributed by atoms with E-state index in [2.05, 4.69) is 5.32 Å². The Morgan fingerprint density at radius 2 is 1.67 bits per heavy atom. The molecule has 186 valence electrons. The van der Waals surface area contributed by atoms with E-state index in [1.807, 2.05) is 61.5 Å². The molecule has 0 unspecified atom stereocenters. The van der Waals surface area contributed by atoms with Crippen molar-refractivity contribution in [2.45, 2.75) is 26.4 Å². The first-order valence-electron chi connectivity index (χ1n) is 12.1. The van der Waals surface area contributed by atoms with Gasteiger partial charge in [-0.05, 0) is 55.7 Å². The summed E-state index contributed by atoms with van der Waals surface area (Å²) in [6.07, 6.45) is 1.14. The minimum Gasteiger partial charge on any atom is -0.489 e. The lowest BCUT2D eigenvalue weighted by atomic mass is 9.95. The van der Waals surface area contributed by atoms with Gasteiger partial charge in [0.15, 0.2) is 6.61 Å². The number of nitrogens with zero attached hydrogens (tertiary/aromatic N) is 1. The average Bonchev–Trinajstić information content (AvgIpc) is 2.91. The number of carbonyl (C=O) groups excluding carboxylic acids is 3. The molecule has 1 aliphatic rings. The van der Waals surface area contributed by atoms with Gasteiger partial charge in [0.05, 0.1) is 5.56 Å². The second kappa shape index (κ2) is 12.0. The van der Waals surface area contributed by atoms with Gasteiger partial charge < -0.3 is 19.7 Å². The van der Waals surface area contributed by atoms with Crippen molar-refractivity contribution in [3.05, 3.63) is 95.6 Å². The van der Waals surface area contributed by atoms with Crippen molar-refractivity contribution in [1.29, 1.82) is 0 Å². The molecule has 0 atom stereocenters. The highest BCUT2D eigenvalue weighted by atomic mass is 16.5. The maximum atomic E-state index is 12.6. The molecule has 3 aromatic rings. The number of benzene rings is 3. The summed E-state index contributed by atoms with van der Waals surface area (Å²) in [4.78, 5) is 39.2. The smallest absolute Gasteiger partial charge is 0.338 e. The van der Waals surface area contributed by atoms with Crippen LogP contribution in [0.5, 0.6) is 5.75 Å². The van der Waals surface area contributed by atoms with Gasteiger partial charge in [0.2, 0.25) is 5.91 Å². The molecule has 7 nitrogen and oxygen atoms in total. The predicted octanol–water partition coefficient (Wildman–Crippen LogP) is 4.61. The number of para-hydroxylation sites is 1. The lowest BCUT2D eigenvalue weighted by Gasteiger charge is -2.31. The molecule has 3 aromatic carbocycles. The summed E-state index contributed by atoms with van der Waals surface area (Å²) in [5, 5.41) is 2.92. The summed E-state index contributed by atoms with van der Waals surface area (Å²) in [7, 11) is 0. The fourth-order valence-electron chi connectivity index (χ4n) is 4.14. The van der Waals surface area contributed by atoms with E-state index in [0.29, 0.717) is 43.9 Å². The number of carbonyl (C=O) groups is 3. The van der Waals surface area contributed by atoms with E-state index in [1.54, 1.807) is 29.2 Å². The summed E-state index contributed by atoms with van der Waals surface area (Å²) < 4.78 is 11.1. The number of nitrogens with one attached hydrogen (secondary N) is 1. The molecular weight excluding hydrogens is 456 g/mol. The van der Waals surface area contributed by atoms with E-state index in [9.17, 15) is 14.4 Å². The number of amides is 2. The van der Waals surface area contributed by atoms with Gasteiger partial charge in [-0.1, -0.05) is 54.1 Å². The van der Waals surface area contributed by atoms with Gasteiger partial charge >= 0.3 is 5.97 Å². The zero-order valence-corrected chi connectivity index (χ0v) is 20.3. The number of anilines is 1. The summed E-state index contributed by atoms with van der Waals surface area (Å²) in [6.45, 7) is 2.97. The normalized spacial score (nSPS) is 13.6. The number of ether oxygens (including phenoxy) is 2. The van der Waals surface area contributed by atoms with E-state index in [-0.39, 0.29) is 24.3 Å². The van der Waals surface area contributed by atoms with Gasteiger partial charge in [-0.2, -0.15) is 0 Å². The Labute approximate surface area is 211 Å². The number of rotatable bonds is 8. The molecule has 0 bridgehead atoms. The van der Waals surface area contributed by atoms with Gasteiger partial charge in [0.1, 0.15) is 12.4 Å². The lowest BCUT2D eigenvalue weighted by molar-refractivity contribution is -0.137. The van der Waals surface area contributed by atoms with E-state index in [4.69, 9.17) is 9.47 Å². The molecule has 0 saturated carbocycles. The Morgan fingerprint density at radius 3 is 2.42 bits per heavy atom. The number of hydrogen-bond acceptors (Lipinski definition) is 5. The standard InChI is InChI=1S/C29H30N2O5/c1-21-7-5-8-22(17-21)19-35-26-12-6-9-24(18-26)29(34)36-20-27(32)31-15-13-23(14-16-31)28(33)30-25-10-3-2-4-11-25/h2-12,17-18,23H,13-16,19-20H2,1H3,(H,30,33). The van der Waals surface area contributed by atoms with Crippen LogP contribution in [-0.4, -0.2) is 42.4 Å². The monoisotopic (exact) mass is 486 g/mol. The summed E-state index contributed by atoms with van der Waals surface area (Å²) >= 11 is 0. The molecule has 1 heterocycles. The van der Waals surface area contributed by atoms with E-state index < -0.39 is 5.97 Å². The molecule has 1 saturated heterocycles. The second-order valence-electron chi connectivity index (χ2n) is 8.89. The number of likely N-dealkylation sites (tertiary alicyclic amines) is 1. The number of hydrogen-bond donors (Lipinski definition) is 1. The molecule has 0 radical (unpaired) electrons. The summed E-state index contributed by atoms with van der Waals surface area (Å²) in [5.41, 5.74) is 3.27. The topological polar surface area (TPSA) is 84.9 Å². The maximum Gasteiger partial charge on any atom is 0.338 e. The van der Waals surface area contributed by atoms with Gasteiger partial charge in [-0.25, -0.2) is 4.79 Å². The predicted molar refractivity (Wildman–Crippen MR) is 137 cm³/mol. The first kappa shape index (κ1) is 25.0. The van der Waals surface area contributed by atoms with Crippen LogP contribution in [0.1, 0.15) is 34.3 Å². The SMILES string of the molecule is Cc1cccc(COc2cccc(C(=O)OCC(=O)N3CCC(C(=O)Nc4ccccc4)CC3)c2)c1. The largest absolute Gasteiger partial charge is 0.489 e. The third kappa shape index (κ3) is 6.95. The zero-order valence-electron chi connectivity index (χ0n) is 20.3. The van der Waals surface area contributed by atoms with Crippen LogP contribution < -0.4 is 10.1 Å². The Hall–Kier alpha value is -4.13. The molecule has 36 heavy (non-hydrogen) atoms. The molecule has 0 aliphatic carbocycles. The lowest BCUT2D eigenvalue weighted by Crippen LogP contribution is -2.43. The average molecular weight is 487 g/mol. The van der Waals surface area contributed by atoms with Gasteiger partial charge in [0, 0.05) is 24.7 Å². The van der Waals surface area contributed by atoms with Gasteiger partial charge in [-0.15, -0.1) is 0 Å². The minimum atomic E-state index is -0.582. The molecule has 4 rings (SSSR count). The highest BCUT2D eigenvalue weighted by Gasteiger charge is 2.28. The molecule has 0 aromatic heterocycles. The van der Waals surface area contributed by atoms with Crippen molar-refractivity contribution in [3.63, 3.8) is 0 Å². The molecule has 1 fully saturated rings. The molecule has 2 amide bonds. The Balaban J connectivity index is 1.21. The number of aryl methyl sites for hydroxylation is 1. The van der Waals surface area contributed by atoms with Gasteiger partial charge in [-0.3, -0.25) is 9.59 Å². The Bertz CT molecular complexity index is 1200. The molecule has 7 heteroatoms. The van der Waals surface area contributed by atoms with Crippen LogP contribution in [0, 0.1) is 12.8 Å². The second-order valence-corrected chi connectivity index (χ2v) is 8.89. The molecule has 0 spiro atoms. The van der Waals surface area contributed by atoms with Crippen LogP contribution in [0.15, 0.2) is 78.9 Å². The summed E-state index contributed by atoms with van der Waals surface area (Å²) in [5.74, 6) is -0.490. The quantitative estimate of drug-likeness (QED) is 0.470. The number of esters is 1. The van der Waals surface area contributed by atoms with E-state index in [0.717, 1.165) is 16.8 Å². The van der Waals surface area contributed by atoms with E-state index in [1.165, 1.54) is 0 Å². The molecule has 1 N–H and O–H groups in total. The fourth-order valence-corrected chi connectivity index (χ4v) is 4.14. The zero-order chi connectivity index (χ0) is 25.3. The van der Waals surface area contributed by atoms with Crippen molar-refractivity contribution in [2.24, 2.45) is 5.92 Å². The Morgan fingerprint density at radius 1 is 0.917 bits per heavy atom. The van der Waals surface area contributed by atoms with Gasteiger partial charge in [0.25, 0.3) is 5.91 Å². The maximum absolute atomic E-state index is 12.6. The highest BCUT2D eigenvalue weighted by Crippen LogP contribution is 2.20. The van der Waals surface area contributed by atoms with Crippen molar-refractivity contribution in [2.75, 3.05) is 25.0 Å². The van der Waals surface area contributed by atoms with E-state index >= 15 is 0 Å². The van der Waals surface area contributed by atoms with Crippen molar-refractivity contribution < 1.29 is 23.9 Å². The van der Waals surface area contributed by atoms with Crippen LogP contribution in [0.4, 0.5) is 5.69 Å². The van der Waals surface area contributed by atoms with Crippen LogP contribution in [0.2, 0.25) is 0 Å². The van der Waals surface area contributed by atoms with Crippen LogP contribution in [0.3, 0.4) is 0 Å². The van der Waals surface area contributed by atoms with Crippen molar-refractivity contribution in [1.82, 2.24) is 4.90 Å². The first-order valence-corrected chi connectivity index (χ1v) is 12.1. The van der Waals surface area contributed by atoms with Crippen LogP contribution >= 0.6 is 0 Å². The molecule has 1 aliphatic heterocycles. The van der Waals surface area contributed by atoms with Crippen LogP contribution in [-0.2, 0) is 20.9 Å². The third-order valence-corrected chi connectivity index (χ3v) is 6.14. The van der Waals surface area contributed by atoms with Crippen molar-refractivity contribution >= 4 is 23.5 Å². The van der Waals surface area contributed by atoms with Crippen molar-refractivity contribution in [3.8, 4) is 5.75 Å². The Kier molecular flexibility index (Phi) is 8.34. The van der Waals surface area contributed by atoms with Crippen LogP contribution in [0.25, 0.3) is 0 Å². The number of piperidine rings is 1. The summed E-state index contributed by atoms with van der Waals surface area (Å²) in [6, 6.07) is 24.1.